The van der Waals surface area contributed by atoms with Gasteiger partial charge in [-0.3, -0.25) is 14.6 Å². The number of halogens is 1. The summed E-state index contributed by atoms with van der Waals surface area (Å²) >= 11 is 3.45. The Balaban J connectivity index is 1.33. The molecule has 172 valence electrons. The third kappa shape index (κ3) is 5.90. The molecule has 1 aliphatic rings. The van der Waals surface area contributed by atoms with E-state index in [-0.39, 0.29) is 18.1 Å². The zero-order chi connectivity index (χ0) is 23.2. The summed E-state index contributed by atoms with van der Waals surface area (Å²) in [7, 11) is 1.32. The summed E-state index contributed by atoms with van der Waals surface area (Å²) in [5, 5.41) is 3.69. The molecular weight excluding hydrogens is 484 g/mol. The molecule has 0 saturated carbocycles. The van der Waals surface area contributed by atoms with Gasteiger partial charge in [0.1, 0.15) is 5.69 Å². The van der Waals surface area contributed by atoms with Gasteiger partial charge in [-0.2, -0.15) is 0 Å². The van der Waals surface area contributed by atoms with Crippen molar-refractivity contribution in [1.82, 2.24) is 14.8 Å². The molecule has 4 rings (SSSR count). The zero-order valence-corrected chi connectivity index (χ0v) is 20.1. The first-order chi connectivity index (χ1) is 16.0. The number of anilines is 1. The van der Waals surface area contributed by atoms with Crippen molar-refractivity contribution in [3.8, 4) is 0 Å². The number of nitrogens with zero attached hydrogens (tertiary/aromatic N) is 2. The number of hydrogen-bond donors (Lipinski definition) is 2. The van der Waals surface area contributed by atoms with E-state index in [9.17, 15) is 9.59 Å². The molecule has 1 aromatic heterocycles. The summed E-state index contributed by atoms with van der Waals surface area (Å²) in [5.74, 6) is -0.673. The number of carbonyl (C=O) groups is 2. The highest BCUT2D eigenvalue weighted by Crippen LogP contribution is 2.30. The van der Waals surface area contributed by atoms with E-state index in [0.29, 0.717) is 5.69 Å². The van der Waals surface area contributed by atoms with Crippen LogP contribution in [0.3, 0.4) is 0 Å². The van der Waals surface area contributed by atoms with Crippen LogP contribution in [-0.2, 0) is 9.53 Å². The summed E-state index contributed by atoms with van der Waals surface area (Å²) in [6, 6.07) is 15.9. The number of fused-ring (bicyclic) bond motifs is 1. The van der Waals surface area contributed by atoms with E-state index < -0.39 is 5.97 Å². The summed E-state index contributed by atoms with van der Waals surface area (Å²) in [6.07, 6.45) is 4.32. The lowest BCUT2D eigenvalue weighted by Gasteiger charge is -2.33. The average molecular weight is 511 g/mol. The summed E-state index contributed by atoms with van der Waals surface area (Å²) < 4.78 is 5.75. The fraction of sp³-hybridized carbons (Fsp3) is 0.280. The Bertz CT molecular complexity index is 1150. The number of methoxy groups -OCH3 is 1. The number of carbonyl (C=O) groups excluding carboxylic acids is 2. The molecule has 2 heterocycles. The number of ether oxygens (including phenoxy) is 1. The quantitative estimate of drug-likeness (QED) is 0.470. The lowest BCUT2D eigenvalue weighted by atomic mass is 10.2. The summed E-state index contributed by atoms with van der Waals surface area (Å²) in [4.78, 5) is 32.6. The largest absolute Gasteiger partial charge is 0.464 e. The number of H-pyrrole nitrogens is 1. The third-order valence-corrected chi connectivity index (χ3v) is 6.21. The second-order valence-electron chi connectivity index (χ2n) is 7.99. The molecule has 1 saturated heterocycles. The maximum Gasteiger partial charge on any atom is 0.356 e. The fourth-order valence-electron chi connectivity index (χ4n) is 3.96. The Kier molecular flexibility index (Phi) is 7.59. The predicted octanol–water partition coefficient (Wildman–Crippen LogP) is 3.99. The van der Waals surface area contributed by atoms with Crippen LogP contribution in [0.25, 0.3) is 17.0 Å². The Morgan fingerprint density at radius 2 is 1.82 bits per heavy atom. The molecule has 0 spiro atoms. The minimum absolute atomic E-state index is 0.154. The maximum absolute atomic E-state index is 12.8. The van der Waals surface area contributed by atoms with E-state index in [1.807, 2.05) is 36.4 Å². The van der Waals surface area contributed by atoms with Crippen LogP contribution in [0.5, 0.6) is 0 Å². The number of piperazine rings is 1. The molecule has 1 amide bonds. The molecular formula is C25H27BrN4O3. The Hall–Kier alpha value is -2.94. The number of hydrogen-bond acceptors (Lipinski definition) is 5. The van der Waals surface area contributed by atoms with Gasteiger partial charge in [-0.25, -0.2) is 4.79 Å². The number of amides is 1. The van der Waals surface area contributed by atoms with E-state index in [0.717, 1.165) is 48.1 Å². The van der Waals surface area contributed by atoms with Crippen LogP contribution < -0.4 is 5.32 Å². The van der Waals surface area contributed by atoms with Gasteiger partial charge in [0.05, 0.1) is 19.3 Å². The van der Waals surface area contributed by atoms with Crippen molar-refractivity contribution in [3.63, 3.8) is 0 Å². The van der Waals surface area contributed by atoms with Crippen molar-refractivity contribution < 1.29 is 14.3 Å². The minimum atomic E-state index is -0.519. The van der Waals surface area contributed by atoms with E-state index in [1.54, 1.807) is 0 Å². The second kappa shape index (κ2) is 10.8. The van der Waals surface area contributed by atoms with Crippen LogP contribution in [0, 0.1) is 0 Å². The molecule has 1 fully saturated rings. The van der Waals surface area contributed by atoms with Gasteiger partial charge in [-0.1, -0.05) is 58.4 Å². The Morgan fingerprint density at radius 3 is 2.55 bits per heavy atom. The highest BCUT2D eigenvalue weighted by Gasteiger charge is 2.23. The number of nitrogens with one attached hydrogen (secondary N) is 2. The maximum atomic E-state index is 12.8. The van der Waals surface area contributed by atoms with Crippen molar-refractivity contribution in [2.45, 2.75) is 0 Å². The number of aromatic nitrogens is 1. The zero-order valence-electron chi connectivity index (χ0n) is 18.5. The highest BCUT2D eigenvalue weighted by atomic mass is 79.9. The Morgan fingerprint density at radius 1 is 1.09 bits per heavy atom. The number of benzene rings is 2. The number of esters is 1. The van der Waals surface area contributed by atoms with Crippen LogP contribution in [-0.4, -0.2) is 73.0 Å². The lowest BCUT2D eigenvalue weighted by molar-refractivity contribution is -0.117. The van der Waals surface area contributed by atoms with Gasteiger partial charge in [-0.15, -0.1) is 0 Å². The monoisotopic (exact) mass is 510 g/mol. The molecule has 8 heteroatoms. The second-order valence-corrected chi connectivity index (χ2v) is 8.91. The topological polar surface area (TPSA) is 77.7 Å². The minimum Gasteiger partial charge on any atom is -0.464 e. The van der Waals surface area contributed by atoms with Crippen LogP contribution in [0.15, 0.2) is 59.1 Å². The van der Waals surface area contributed by atoms with Gasteiger partial charge in [0.15, 0.2) is 0 Å². The number of rotatable bonds is 7. The van der Waals surface area contributed by atoms with Crippen LogP contribution in [0.1, 0.15) is 16.1 Å². The molecule has 0 atom stereocenters. The van der Waals surface area contributed by atoms with Gasteiger partial charge in [-0.05, 0) is 23.8 Å². The molecule has 0 aliphatic carbocycles. The van der Waals surface area contributed by atoms with E-state index >= 15 is 0 Å². The number of aromatic amines is 1. The first-order valence-corrected chi connectivity index (χ1v) is 11.7. The molecule has 1 aliphatic heterocycles. The molecule has 2 N–H and O–H groups in total. The Labute approximate surface area is 201 Å². The first-order valence-electron chi connectivity index (χ1n) is 10.9. The van der Waals surface area contributed by atoms with Gasteiger partial charge in [0.25, 0.3) is 0 Å². The molecule has 0 unspecified atom stereocenters. The standard InChI is InChI=1S/C25H27BrN4O3/c1-33-25(32)24-23(20-16-19(26)9-10-21(20)27-24)28-22(31)17-30-14-12-29(13-15-30)11-5-8-18-6-3-2-4-7-18/h2-10,16,27H,11-15,17H2,1H3,(H,28,31). The molecule has 3 aromatic rings. The van der Waals surface area contributed by atoms with E-state index in [4.69, 9.17) is 4.74 Å². The van der Waals surface area contributed by atoms with Crippen molar-refractivity contribution in [2.24, 2.45) is 0 Å². The summed E-state index contributed by atoms with van der Waals surface area (Å²) in [6.45, 7) is 4.60. The highest BCUT2D eigenvalue weighted by molar-refractivity contribution is 9.10. The van der Waals surface area contributed by atoms with Crippen LogP contribution >= 0.6 is 15.9 Å². The molecule has 33 heavy (non-hydrogen) atoms. The smallest absolute Gasteiger partial charge is 0.356 e. The summed E-state index contributed by atoms with van der Waals surface area (Å²) in [5.41, 5.74) is 2.65. The first kappa shape index (κ1) is 23.2. The molecule has 0 radical (unpaired) electrons. The van der Waals surface area contributed by atoms with Crippen LogP contribution in [0.4, 0.5) is 5.69 Å². The van der Waals surface area contributed by atoms with Crippen molar-refractivity contribution in [1.29, 1.82) is 0 Å². The normalized spacial score (nSPS) is 15.2. The van der Waals surface area contributed by atoms with Gasteiger partial charge in [0.2, 0.25) is 5.91 Å². The lowest BCUT2D eigenvalue weighted by Crippen LogP contribution is -2.48. The molecule has 7 nitrogen and oxygen atoms in total. The van der Waals surface area contributed by atoms with Gasteiger partial charge >= 0.3 is 5.97 Å². The van der Waals surface area contributed by atoms with Crippen molar-refractivity contribution >= 4 is 50.5 Å². The van der Waals surface area contributed by atoms with Gasteiger partial charge < -0.3 is 15.0 Å². The SMILES string of the molecule is COC(=O)c1[nH]c2ccc(Br)cc2c1NC(=O)CN1CCN(CC=Cc2ccccc2)CC1. The van der Waals surface area contributed by atoms with E-state index in [2.05, 4.69) is 60.3 Å². The fourth-order valence-corrected chi connectivity index (χ4v) is 4.32. The molecule has 0 bridgehead atoms. The molecule has 2 aromatic carbocycles. The van der Waals surface area contributed by atoms with Crippen molar-refractivity contribution in [3.05, 3.63) is 70.3 Å². The van der Waals surface area contributed by atoms with Crippen molar-refractivity contribution in [2.75, 3.05) is 51.7 Å². The van der Waals surface area contributed by atoms with Crippen LogP contribution in [0.2, 0.25) is 0 Å². The average Bonchev–Trinajstić information content (AvgIpc) is 3.17. The predicted molar refractivity (Wildman–Crippen MR) is 134 cm³/mol. The van der Waals surface area contributed by atoms with E-state index in [1.165, 1.54) is 12.7 Å². The van der Waals surface area contributed by atoms with Gasteiger partial charge in [0, 0.05) is 48.1 Å². The third-order valence-electron chi connectivity index (χ3n) is 5.72.